The van der Waals surface area contributed by atoms with E-state index >= 15 is 0 Å². The first kappa shape index (κ1) is 61.5. The molecule has 0 saturated heterocycles. The zero-order valence-corrected chi connectivity index (χ0v) is 46.0. The maximum Gasteiger partial charge on any atom is 0.0646 e. The highest BCUT2D eigenvalue weighted by molar-refractivity contribution is 6.43. The Morgan fingerprint density at radius 2 is 0.721 bits per heavy atom. The highest BCUT2D eigenvalue weighted by Crippen LogP contribution is 2.22. The van der Waals surface area contributed by atoms with Crippen LogP contribution in [0.2, 0.25) is 0 Å². The van der Waals surface area contributed by atoms with E-state index in [1.54, 1.807) is 0 Å². The highest BCUT2D eigenvalue weighted by atomic mass is 14.8. The first-order chi connectivity index (χ1) is 33.7. The van der Waals surface area contributed by atoms with Gasteiger partial charge in [-0.15, -0.1) is 0 Å². The van der Waals surface area contributed by atoms with Gasteiger partial charge in [-0.3, -0.25) is 9.98 Å². The number of rotatable bonds is 48. The molecule has 386 valence electrons. The Hall–Kier alpha value is -2.66. The average molecular weight is 934 g/mol. The SMILES string of the molecule is CCCCCCCCCCCCCCCCCCCCCCCCCCCC#Cc1cccc(N=C(CC)C(CCCCCCCC)=Nc2ccc(CCCCCCCCCCCCC)cc2)c1. The Bertz CT molecular complexity index is 1500. The Morgan fingerprint density at radius 1 is 0.353 bits per heavy atom. The minimum Gasteiger partial charge on any atom is -0.252 e. The summed E-state index contributed by atoms with van der Waals surface area (Å²) < 4.78 is 0. The summed E-state index contributed by atoms with van der Waals surface area (Å²) in [5.41, 5.74) is 6.84. The number of aliphatic imine (C=N–C) groups is 2. The second-order valence-corrected chi connectivity index (χ2v) is 21.0. The predicted octanol–water partition coefficient (Wildman–Crippen LogP) is 23.1. The summed E-state index contributed by atoms with van der Waals surface area (Å²) in [6, 6.07) is 17.7. The van der Waals surface area contributed by atoms with E-state index in [1.165, 1.54) is 282 Å². The number of unbranched alkanes of at least 4 members (excludes halogenated alkanes) is 40. The fraction of sp³-hybridized carbons (Fsp3) is 0.758. The van der Waals surface area contributed by atoms with Crippen LogP contribution in [0.25, 0.3) is 0 Å². The van der Waals surface area contributed by atoms with Crippen LogP contribution in [0.15, 0.2) is 58.5 Å². The minimum atomic E-state index is 0.876. The van der Waals surface area contributed by atoms with Crippen LogP contribution < -0.4 is 0 Å². The van der Waals surface area contributed by atoms with Crippen LogP contribution in [0, 0.1) is 11.8 Å². The smallest absolute Gasteiger partial charge is 0.0646 e. The van der Waals surface area contributed by atoms with Gasteiger partial charge in [0.15, 0.2) is 0 Å². The fourth-order valence-corrected chi connectivity index (χ4v) is 9.90. The molecular formula is C66H112N2. The summed E-state index contributed by atoms with van der Waals surface area (Å²) in [6.07, 6.45) is 62.9. The van der Waals surface area contributed by atoms with Crippen molar-refractivity contribution in [1.82, 2.24) is 0 Å². The molecule has 2 aromatic carbocycles. The second kappa shape index (κ2) is 48.0. The summed E-state index contributed by atoms with van der Waals surface area (Å²) in [6.45, 7) is 9.14. The first-order valence-electron chi connectivity index (χ1n) is 30.5. The monoisotopic (exact) mass is 933 g/mol. The van der Waals surface area contributed by atoms with Gasteiger partial charge < -0.3 is 0 Å². The van der Waals surface area contributed by atoms with Gasteiger partial charge in [-0.1, -0.05) is 308 Å². The molecule has 0 spiro atoms. The Kier molecular flexibility index (Phi) is 43.4. The van der Waals surface area contributed by atoms with Gasteiger partial charge in [0.25, 0.3) is 0 Å². The third kappa shape index (κ3) is 37.2. The average Bonchev–Trinajstić information content (AvgIpc) is 3.36. The third-order valence-corrected chi connectivity index (χ3v) is 14.5. The summed E-state index contributed by atoms with van der Waals surface area (Å²) in [5.74, 6) is 6.95. The third-order valence-electron chi connectivity index (χ3n) is 14.5. The molecule has 0 aliphatic carbocycles. The summed E-state index contributed by atoms with van der Waals surface area (Å²) in [4.78, 5) is 10.5. The lowest BCUT2D eigenvalue weighted by molar-refractivity contribution is 0.516. The van der Waals surface area contributed by atoms with Crippen molar-refractivity contribution in [3.8, 4) is 11.8 Å². The number of hydrogen-bond donors (Lipinski definition) is 0. The van der Waals surface area contributed by atoms with Gasteiger partial charge >= 0.3 is 0 Å². The van der Waals surface area contributed by atoms with Crippen LogP contribution in [-0.4, -0.2) is 11.4 Å². The molecule has 0 saturated carbocycles. The molecule has 2 nitrogen and oxygen atoms in total. The van der Waals surface area contributed by atoms with Crippen molar-refractivity contribution in [2.24, 2.45) is 9.98 Å². The fourth-order valence-electron chi connectivity index (χ4n) is 9.90. The molecule has 0 radical (unpaired) electrons. The van der Waals surface area contributed by atoms with E-state index in [9.17, 15) is 0 Å². The summed E-state index contributed by atoms with van der Waals surface area (Å²) in [5, 5.41) is 0. The van der Waals surface area contributed by atoms with Crippen molar-refractivity contribution in [2.45, 2.75) is 323 Å². The maximum absolute atomic E-state index is 5.29. The molecular weight excluding hydrogens is 821 g/mol. The van der Waals surface area contributed by atoms with Crippen molar-refractivity contribution in [1.29, 1.82) is 0 Å². The first-order valence-corrected chi connectivity index (χ1v) is 30.5. The molecule has 0 N–H and O–H groups in total. The van der Waals surface area contributed by atoms with Gasteiger partial charge in [0.1, 0.15) is 0 Å². The molecule has 68 heavy (non-hydrogen) atoms. The minimum absolute atomic E-state index is 0.876. The molecule has 0 aliphatic heterocycles. The Balaban J connectivity index is 1.65. The van der Waals surface area contributed by atoms with Crippen LogP contribution in [0.5, 0.6) is 0 Å². The molecule has 0 aromatic heterocycles. The zero-order chi connectivity index (χ0) is 48.5. The molecule has 2 aromatic rings. The van der Waals surface area contributed by atoms with E-state index in [4.69, 9.17) is 9.98 Å². The van der Waals surface area contributed by atoms with E-state index in [-0.39, 0.29) is 0 Å². The lowest BCUT2D eigenvalue weighted by atomic mass is 10.0. The van der Waals surface area contributed by atoms with Crippen LogP contribution in [-0.2, 0) is 6.42 Å². The molecule has 0 fully saturated rings. The molecule has 0 heterocycles. The number of nitrogens with zero attached hydrogens (tertiary/aromatic N) is 2. The molecule has 0 amide bonds. The van der Waals surface area contributed by atoms with E-state index in [1.807, 2.05) is 0 Å². The lowest BCUT2D eigenvalue weighted by Crippen LogP contribution is -2.13. The largest absolute Gasteiger partial charge is 0.252 e. The van der Waals surface area contributed by atoms with Crippen LogP contribution in [0.4, 0.5) is 11.4 Å². The van der Waals surface area contributed by atoms with E-state index in [0.29, 0.717) is 0 Å². The van der Waals surface area contributed by atoms with Crippen molar-refractivity contribution in [3.63, 3.8) is 0 Å². The van der Waals surface area contributed by atoms with Crippen molar-refractivity contribution < 1.29 is 0 Å². The number of benzene rings is 2. The van der Waals surface area contributed by atoms with Crippen LogP contribution in [0.1, 0.15) is 328 Å². The van der Waals surface area contributed by atoms with Gasteiger partial charge in [0, 0.05) is 12.0 Å². The molecule has 0 unspecified atom stereocenters. The van der Waals surface area contributed by atoms with E-state index < -0.39 is 0 Å². The van der Waals surface area contributed by atoms with Gasteiger partial charge in [-0.2, -0.15) is 0 Å². The van der Waals surface area contributed by atoms with Crippen molar-refractivity contribution in [2.75, 3.05) is 0 Å². The summed E-state index contributed by atoms with van der Waals surface area (Å²) >= 11 is 0. The van der Waals surface area contributed by atoms with Gasteiger partial charge in [-0.25, -0.2) is 0 Å². The number of hydrogen-bond acceptors (Lipinski definition) is 2. The molecule has 2 rings (SSSR count). The normalized spacial score (nSPS) is 11.9. The van der Waals surface area contributed by atoms with Gasteiger partial charge in [-0.05, 0) is 74.4 Å². The topological polar surface area (TPSA) is 24.7 Å². The maximum atomic E-state index is 5.29. The Morgan fingerprint density at radius 3 is 1.13 bits per heavy atom. The van der Waals surface area contributed by atoms with E-state index in [2.05, 4.69) is 88.1 Å². The van der Waals surface area contributed by atoms with Crippen molar-refractivity contribution >= 4 is 22.8 Å². The summed E-state index contributed by atoms with van der Waals surface area (Å²) in [7, 11) is 0. The van der Waals surface area contributed by atoms with E-state index in [0.717, 1.165) is 47.6 Å². The second-order valence-electron chi connectivity index (χ2n) is 21.0. The highest BCUT2D eigenvalue weighted by Gasteiger charge is 2.10. The molecule has 2 heteroatoms. The van der Waals surface area contributed by atoms with Crippen molar-refractivity contribution in [3.05, 3.63) is 59.7 Å². The van der Waals surface area contributed by atoms with Crippen LogP contribution >= 0.6 is 0 Å². The van der Waals surface area contributed by atoms with Gasteiger partial charge in [0.2, 0.25) is 0 Å². The lowest BCUT2D eigenvalue weighted by Gasteiger charge is -2.10. The standard InChI is InChI=1S/C66H112N2/c1-5-9-12-15-18-20-22-23-24-25-26-27-28-29-30-31-32-33-34-35-36-37-39-41-43-45-48-52-62-53-50-54-64(60-62)68-65(8-4)66(55-49-46-17-14-11-7-3)67-63-58-56-61(57-59-63)51-47-44-42-40-38-21-19-16-13-10-6-2/h50,53-54,56-60H,5-47,49,51,55H2,1-4H3. The predicted molar refractivity (Wildman–Crippen MR) is 308 cm³/mol. The molecule has 0 aliphatic rings. The zero-order valence-electron chi connectivity index (χ0n) is 46.0. The quantitative estimate of drug-likeness (QED) is 0.0359. The number of aryl methyl sites for hydroxylation is 1. The Labute approximate surface area is 425 Å². The van der Waals surface area contributed by atoms with Gasteiger partial charge in [0.05, 0.1) is 22.8 Å². The van der Waals surface area contributed by atoms with Crippen LogP contribution in [0.3, 0.4) is 0 Å². The molecule has 0 atom stereocenters. The molecule has 0 bridgehead atoms.